The van der Waals surface area contributed by atoms with Crippen molar-refractivity contribution in [3.05, 3.63) is 5.89 Å². The van der Waals surface area contributed by atoms with Crippen LogP contribution in [-0.4, -0.2) is 29.2 Å². The van der Waals surface area contributed by atoms with E-state index in [1.165, 1.54) is 0 Å². The monoisotopic (exact) mass is 264 g/mol. The van der Waals surface area contributed by atoms with Crippen molar-refractivity contribution in [2.75, 3.05) is 18.4 Å². The third kappa shape index (κ3) is 2.25. The van der Waals surface area contributed by atoms with Gasteiger partial charge in [-0.2, -0.15) is 0 Å². The maximum atomic E-state index is 12.5. The van der Waals surface area contributed by atoms with Crippen LogP contribution in [0.25, 0.3) is 0 Å². The Kier molecular flexibility index (Phi) is 3.05. The zero-order valence-corrected chi connectivity index (χ0v) is 11.4. The Bertz CT molecular complexity index is 473. The van der Waals surface area contributed by atoms with Gasteiger partial charge in [-0.25, -0.2) is 0 Å². The number of nitrogens with zero attached hydrogens (tertiary/aromatic N) is 2. The SMILES string of the molecule is CC(C)C1(C(=O)Nc2nnc(C3CC3)o2)CCNC1. The highest BCUT2D eigenvalue weighted by Gasteiger charge is 2.44. The minimum Gasteiger partial charge on any atom is -0.408 e. The summed E-state index contributed by atoms with van der Waals surface area (Å²) in [5.74, 6) is 1.32. The van der Waals surface area contributed by atoms with Gasteiger partial charge in [-0.1, -0.05) is 18.9 Å². The van der Waals surface area contributed by atoms with Crippen molar-refractivity contribution >= 4 is 11.9 Å². The highest BCUT2D eigenvalue weighted by atomic mass is 16.4. The fourth-order valence-corrected chi connectivity index (χ4v) is 2.66. The number of nitrogens with one attached hydrogen (secondary N) is 2. The summed E-state index contributed by atoms with van der Waals surface area (Å²) in [6.45, 7) is 5.74. The summed E-state index contributed by atoms with van der Waals surface area (Å²) in [6, 6.07) is 0.235. The van der Waals surface area contributed by atoms with Crippen molar-refractivity contribution in [2.24, 2.45) is 11.3 Å². The molecular formula is C13H20N4O2. The third-order valence-corrected chi connectivity index (χ3v) is 4.33. The standard InChI is InChI=1S/C13H20N4O2/c1-8(2)13(5-6-14-7-13)11(18)15-12-17-16-10(19-12)9-3-4-9/h8-9,14H,3-7H2,1-2H3,(H,15,17,18). The van der Waals surface area contributed by atoms with Crippen LogP contribution >= 0.6 is 0 Å². The molecule has 19 heavy (non-hydrogen) atoms. The zero-order valence-electron chi connectivity index (χ0n) is 11.4. The second-order valence-corrected chi connectivity index (χ2v) is 5.91. The number of aromatic nitrogens is 2. The smallest absolute Gasteiger partial charge is 0.322 e. The van der Waals surface area contributed by atoms with Crippen molar-refractivity contribution in [3.63, 3.8) is 0 Å². The van der Waals surface area contributed by atoms with E-state index in [9.17, 15) is 4.79 Å². The Hall–Kier alpha value is -1.43. The van der Waals surface area contributed by atoms with E-state index >= 15 is 0 Å². The van der Waals surface area contributed by atoms with Gasteiger partial charge < -0.3 is 9.73 Å². The van der Waals surface area contributed by atoms with Gasteiger partial charge in [0.15, 0.2) is 0 Å². The van der Waals surface area contributed by atoms with Crippen LogP contribution in [0.3, 0.4) is 0 Å². The van der Waals surface area contributed by atoms with Crippen LogP contribution in [0.4, 0.5) is 6.01 Å². The van der Waals surface area contributed by atoms with Crippen LogP contribution in [0.2, 0.25) is 0 Å². The molecule has 1 aliphatic carbocycles. The second kappa shape index (κ2) is 4.59. The second-order valence-electron chi connectivity index (χ2n) is 5.91. The molecule has 6 nitrogen and oxygen atoms in total. The van der Waals surface area contributed by atoms with Crippen LogP contribution in [0.5, 0.6) is 0 Å². The normalized spacial score (nSPS) is 26.9. The first kappa shape index (κ1) is 12.6. The van der Waals surface area contributed by atoms with Crippen LogP contribution < -0.4 is 10.6 Å². The molecule has 2 heterocycles. The molecule has 6 heteroatoms. The summed E-state index contributed by atoms with van der Waals surface area (Å²) in [7, 11) is 0. The number of anilines is 1. The molecule has 104 valence electrons. The topological polar surface area (TPSA) is 80.1 Å². The minimum atomic E-state index is -0.367. The first-order chi connectivity index (χ1) is 9.12. The first-order valence-corrected chi connectivity index (χ1v) is 6.97. The highest BCUT2D eigenvalue weighted by molar-refractivity contribution is 5.94. The lowest BCUT2D eigenvalue weighted by Crippen LogP contribution is -2.42. The van der Waals surface area contributed by atoms with Crippen molar-refractivity contribution in [2.45, 2.75) is 39.0 Å². The molecular weight excluding hydrogens is 244 g/mol. The number of hydrogen-bond donors (Lipinski definition) is 2. The lowest BCUT2D eigenvalue weighted by molar-refractivity contribution is -0.127. The van der Waals surface area contributed by atoms with Gasteiger partial charge in [0.05, 0.1) is 5.41 Å². The molecule has 1 amide bonds. The average molecular weight is 264 g/mol. The van der Waals surface area contributed by atoms with Gasteiger partial charge in [0.1, 0.15) is 0 Å². The molecule has 0 aromatic carbocycles. The van der Waals surface area contributed by atoms with Crippen molar-refractivity contribution in [1.82, 2.24) is 15.5 Å². The Morgan fingerprint density at radius 1 is 1.47 bits per heavy atom. The molecule has 1 unspecified atom stereocenters. The molecule has 2 aliphatic rings. The van der Waals surface area contributed by atoms with E-state index in [4.69, 9.17) is 4.42 Å². The van der Waals surface area contributed by atoms with E-state index in [0.717, 1.165) is 25.8 Å². The maximum absolute atomic E-state index is 12.5. The van der Waals surface area contributed by atoms with Gasteiger partial charge >= 0.3 is 6.01 Å². The molecule has 1 aromatic rings. The third-order valence-electron chi connectivity index (χ3n) is 4.33. The molecule has 1 atom stereocenters. The molecule has 0 radical (unpaired) electrons. The summed E-state index contributed by atoms with van der Waals surface area (Å²) in [5, 5.41) is 13.9. The lowest BCUT2D eigenvalue weighted by Gasteiger charge is -2.30. The summed E-state index contributed by atoms with van der Waals surface area (Å²) >= 11 is 0. The summed E-state index contributed by atoms with van der Waals surface area (Å²) < 4.78 is 5.49. The fourth-order valence-electron chi connectivity index (χ4n) is 2.66. The van der Waals surface area contributed by atoms with Gasteiger partial charge in [0.25, 0.3) is 0 Å². The molecule has 0 spiro atoms. The first-order valence-electron chi connectivity index (χ1n) is 6.97. The molecule has 1 saturated heterocycles. The molecule has 0 bridgehead atoms. The Labute approximate surface area is 112 Å². The number of hydrogen-bond acceptors (Lipinski definition) is 5. The maximum Gasteiger partial charge on any atom is 0.322 e. The van der Waals surface area contributed by atoms with Crippen molar-refractivity contribution < 1.29 is 9.21 Å². The molecule has 1 aliphatic heterocycles. The van der Waals surface area contributed by atoms with Gasteiger partial charge in [-0.05, 0) is 31.7 Å². The Balaban J connectivity index is 1.71. The molecule has 1 aromatic heterocycles. The van der Waals surface area contributed by atoms with E-state index in [1.807, 2.05) is 0 Å². The number of amides is 1. The number of carbonyl (C=O) groups excluding carboxylic acids is 1. The van der Waals surface area contributed by atoms with Crippen LogP contribution in [-0.2, 0) is 4.79 Å². The van der Waals surface area contributed by atoms with Gasteiger partial charge in [-0.15, -0.1) is 5.10 Å². The average Bonchev–Trinajstić information content (AvgIpc) is 2.93. The summed E-state index contributed by atoms with van der Waals surface area (Å²) in [6.07, 6.45) is 3.06. The van der Waals surface area contributed by atoms with E-state index in [1.54, 1.807) is 0 Å². The molecule has 1 saturated carbocycles. The minimum absolute atomic E-state index is 0.0153. The molecule has 2 N–H and O–H groups in total. The van der Waals surface area contributed by atoms with Crippen molar-refractivity contribution in [1.29, 1.82) is 0 Å². The quantitative estimate of drug-likeness (QED) is 0.862. The number of carbonyl (C=O) groups is 1. The van der Waals surface area contributed by atoms with E-state index in [-0.39, 0.29) is 23.3 Å². The molecule has 3 rings (SSSR count). The van der Waals surface area contributed by atoms with Crippen LogP contribution in [0.15, 0.2) is 4.42 Å². The Morgan fingerprint density at radius 2 is 2.26 bits per heavy atom. The van der Waals surface area contributed by atoms with Crippen molar-refractivity contribution in [3.8, 4) is 0 Å². The molecule has 2 fully saturated rings. The predicted octanol–water partition coefficient (Wildman–Crippen LogP) is 1.52. The van der Waals surface area contributed by atoms with Gasteiger partial charge in [0.2, 0.25) is 11.8 Å². The summed E-state index contributed by atoms with van der Waals surface area (Å²) in [4.78, 5) is 12.5. The largest absolute Gasteiger partial charge is 0.408 e. The van der Waals surface area contributed by atoms with Gasteiger partial charge in [0, 0.05) is 12.5 Å². The van der Waals surface area contributed by atoms with Gasteiger partial charge in [-0.3, -0.25) is 10.1 Å². The Morgan fingerprint density at radius 3 is 2.84 bits per heavy atom. The lowest BCUT2D eigenvalue weighted by atomic mass is 9.75. The zero-order chi connectivity index (χ0) is 13.5. The predicted molar refractivity (Wildman–Crippen MR) is 69.7 cm³/mol. The fraction of sp³-hybridized carbons (Fsp3) is 0.769. The van der Waals surface area contributed by atoms with Crippen LogP contribution in [0.1, 0.15) is 44.9 Å². The number of rotatable bonds is 4. The van der Waals surface area contributed by atoms with E-state index < -0.39 is 0 Å². The highest BCUT2D eigenvalue weighted by Crippen LogP contribution is 2.40. The van der Waals surface area contributed by atoms with E-state index in [0.29, 0.717) is 18.4 Å². The van der Waals surface area contributed by atoms with E-state index in [2.05, 4.69) is 34.7 Å². The van der Waals surface area contributed by atoms with Crippen LogP contribution in [0, 0.1) is 11.3 Å². The summed E-state index contributed by atoms with van der Waals surface area (Å²) in [5.41, 5.74) is -0.367.